The van der Waals surface area contributed by atoms with Gasteiger partial charge in [-0.2, -0.15) is 0 Å². The molecule has 9 rings (SSSR count). The van der Waals surface area contributed by atoms with Crippen molar-refractivity contribution < 1.29 is 0 Å². The fourth-order valence-corrected chi connectivity index (χ4v) is 8.66. The van der Waals surface area contributed by atoms with E-state index in [1.54, 1.807) is 0 Å². The van der Waals surface area contributed by atoms with E-state index in [2.05, 4.69) is 180 Å². The predicted octanol–water partition coefficient (Wildman–Crippen LogP) is 12.3. The Morgan fingerprint density at radius 2 is 1.11 bits per heavy atom. The number of rotatable bonds is 4. The number of hydrogen-bond donors (Lipinski definition) is 0. The predicted molar refractivity (Wildman–Crippen MR) is 197 cm³/mol. The summed E-state index contributed by atoms with van der Waals surface area (Å²) >= 11 is 3.84. The molecule has 0 aliphatic heterocycles. The Bertz CT molecular complexity index is 2270. The van der Waals surface area contributed by atoms with Gasteiger partial charge in [-0.15, -0.1) is 0 Å². The van der Waals surface area contributed by atoms with Crippen LogP contribution in [-0.4, -0.2) is 0 Å². The van der Waals surface area contributed by atoms with Crippen LogP contribution in [0.5, 0.6) is 0 Å². The van der Waals surface area contributed by atoms with Crippen LogP contribution in [0.15, 0.2) is 162 Å². The fraction of sp³-hybridized carbons (Fsp3) is 0.0667. The SMILES string of the molecule is Brc1cccc(C2(c3ccc4c(-c5ccccc5)c5c(c(-c6ccccc6)c4c3)CCC=C5)c3ccccc3-c3ccccc32)c1. The minimum atomic E-state index is -0.470. The number of fused-ring (bicyclic) bond motifs is 5. The number of benzene rings is 7. The molecule has 0 heterocycles. The molecule has 0 unspecified atom stereocenters. The van der Waals surface area contributed by atoms with Crippen molar-refractivity contribution >= 4 is 32.8 Å². The van der Waals surface area contributed by atoms with Gasteiger partial charge in [0.1, 0.15) is 0 Å². The smallest absolute Gasteiger partial charge is 0.0714 e. The van der Waals surface area contributed by atoms with Gasteiger partial charge in [-0.05, 0) is 109 Å². The molecule has 0 atom stereocenters. The summed E-state index contributed by atoms with van der Waals surface area (Å²) in [6.45, 7) is 0. The molecule has 0 nitrogen and oxygen atoms in total. The molecule has 218 valence electrons. The minimum absolute atomic E-state index is 0.470. The van der Waals surface area contributed by atoms with E-state index in [0.29, 0.717) is 0 Å². The van der Waals surface area contributed by atoms with Crippen molar-refractivity contribution in [2.45, 2.75) is 18.3 Å². The third kappa shape index (κ3) is 3.98. The summed E-state index contributed by atoms with van der Waals surface area (Å²) in [5.74, 6) is 0. The van der Waals surface area contributed by atoms with Crippen LogP contribution in [0.2, 0.25) is 0 Å². The van der Waals surface area contributed by atoms with Crippen molar-refractivity contribution in [2.24, 2.45) is 0 Å². The first kappa shape index (κ1) is 27.3. The van der Waals surface area contributed by atoms with Crippen LogP contribution < -0.4 is 0 Å². The summed E-state index contributed by atoms with van der Waals surface area (Å²) in [6, 6.07) is 56.3. The molecule has 7 aromatic carbocycles. The summed E-state index contributed by atoms with van der Waals surface area (Å²) in [5, 5.41) is 2.61. The van der Waals surface area contributed by atoms with Crippen LogP contribution in [0.3, 0.4) is 0 Å². The molecule has 2 aliphatic carbocycles. The molecule has 0 aromatic heterocycles. The molecule has 0 saturated carbocycles. The maximum absolute atomic E-state index is 3.84. The molecule has 1 heteroatoms. The van der Waals surface area contributed by atoms with Crippen molar-refractivity contribution in [2.75, 3.05) is 0 Å². The van der Waals surface area contributed by atoms with Gasteiger partial charge in [0.15, 0.2) is 0 Å². The third-order valence-electron chi connectivity index (χ3n) is 10.1. The first-order valence-electron chi connectivity index (χ1n) is 16.1. The largest absolute Gasteiger partial charge is 0.0836 e. The van der Waals surface area contributed by atoms with E-state index in [1.807, 2.05) is 0 Å². The van der Waals surface area contributed by atoms with E-state index < -0.39 is 5.41 Å². The highest BCUT2D eigenvalue weighted by Gasteiger charge is 2.46. The standard InChI is InChI=1S/C45H31Br/c46-34-19-13-18-32(28-34)45(41-24-11-9-20-35(41)36-21-10-12-25-42(36)45)33-26-27-39-40(29-33)44(31-16-5-2-6-17-31)38-23-8-7-22-37(38)43(39)30-14-3-1-4-15-30/h1-7,9-22,24-29H,8,23H2. The van der Waals surface area contributed by atoms with Crippen LogP contribution in [0, 0.1) is 0 Å². The van der Waals surface area contributed by atoms with E-state index >= 15 is 0 Å². The summed E-state index contributed by atoms with van der Waals surface area (Å²) in [6.07, 6.45) is 6.79. The van der Waals surface area contributed by atoms with E-state index in [4.69, 9.17) is 0 Å². The molecule has 0 fully saturated rings. The lowest BCUT2D eigenvalue weighted by Gasteiger charge is -2.35. The molecule has 2 aliphatic rings. The molecule has 0 radical (unpaired) electrons. The van der Waals surface area contributed by atoms with Gasteiger partial charge >= 0.3 is 0 Å². The number of allylic oxidation sites excluding steroid dienone is 1. The fourth-order valence-electron chi connectivity index (χ4n) is 8.26. The molecule has 0 N–H and O–H groups in total. The highest BCUT2D eigenvalue weighted by atomic mass is 79.9. The van der Waals surface area contributed by atoms with E-state index in [-0.39, 0.29) is 0 Å². The molecule has 0 amide bonds. The highest BCUT2D eigenvalue weighted by Crippen LogP contribution is 2.57. The molecular formula is C45H31Br. The zero-order valence-corrected chi connectivity index (χ0v) is 27.0. The second-order valence-corrected chi connectivity index (χ2v) is 13.3. The van der Waals surface area contributed by atoms with Crippen molar-refractivity contribution in [3.05, 3.63) is 196 Å². The van der Waals surface area contributed by atoms with Crippen LogP contribution in [-0.2, 0) is 11.8 Å². The maximum Gasteiger partial charge on any atom is 0.0714 e. The monoisotopic (exact) mass is 650 g/mol. The van der Waals surface area contributed by atoms with Crippen molar-refractivity contribution in [1.82, 2.24) is 0 Å². The first-order chi connectivity index (χ1) is 22.7. The molecular weight excluding hydrogens is 620 g/mol. The van der Waals surface area contributed by atoms with Gasteiger partial charge in [0.25, 0.3) is 0 Å². The van der Waals surface area contributed by atoms with Crippen molar-refractivity contribution in [3.63, 3.8) is 0 Å². The van der Waals surface area contributed by atoms with Gasteiger partial charge < -0.3 is 0 Å². The van der Waals surface area contributed by atoms with Crippen molar-refractivity contribution in [1.29, 1.82) is 0 Å². The van der Waals surface area contributed by atoms with E-state index in [0.717, 1.165) is 17.3 Å². The van der Waals surface area contributed by atoms with Gasteiger partial charge in [-0.1, -0.05) is 162 Å². The van der Waals surface area contributed by atoms with E-state index in [9.17, 15) is 0 Å². The first-order valence-corrected chi connectivity index (χ1v) is 16.9. The Morgan fingerprint density at radius 3 is 1.78 bits per heavy atom. The second-order valence-electron chi connectivity index (χ2n) is 12.4. The zero-order chi connectivity index (χ0) is 30.7. The molecule has 0 spiro atoms. The average molecular weight is 652 g/mol. The van der Waals surface area contributed by atoms with Gasteiger partial charge in [-0.3, -0.25) is 0 Å². The average Bonchev–Trinajstić information content (AvgIpc) is 3.42. The third-order valence-corrected chi connectivity index (χ3v) is 10.6. The normalized spacial score (nSPS) is 14.1. The maximum atomic E-state index is 3.84. The Kier molecular flexibility index (Phi) is 6.43. The lowest BCUT2D eigenvalue weighted by atomic mass is 9.67. The number of hydrogen-bond acceptors (Lipinski definition) is 0. The topological polar surface area (TPSA) is 0 Å². The Balaban J connectivity index is 1.46. The molecule has 0 bridgehead atoms. The van der Waals surface area contributed by atoms with Crippen LogP contribution >= 0.6 is 15.9 Å². The minimum Gasteiger partial charge on any atom is -0.0836 e. The molecule has 0 saturated heterocycles. The Morgan fingerprint density at radius 1 is 0.500 bits per heavy atom. The van der Waals surface area contributed by atoms with Gasteiger partial charge in [-0.25, -0.2) is 0 Å². The Hall–Kier alpha value is -4.98. The lowest BCUT2D eigenvalue weighted by Crippen LogP contribution is -2.28. The van der Waals surface area contributed by atoms with E-state index in [1.165, 1.54) is 77.5 Å². The van der Waals surface area contributed by atoms with Crippen molar-refractivity contribution in [3.8, 4) is 33.4 Å². The summed E-state index contributed by atoms with van der Waals surface area (Å²) in [4.78, 5) is 0. The lowest BCUT2D eigenvalue weighted by molar-refractivity contribution is 0.769. The Labute approximate surface area is 278 Å². The quantitative estimate of drug-likeness (QED) is 0.178. The second kappa shape index (κ2) is 10.8. The van der Waals surface area contributed by atoms with Gasteiger partial charge in [0, 0.05) is 4.47 Å². The molecule has 46 heavy (non-hydrogen) atoms. The van der Waals surface area contributed by atoms with Crippen LogP contribution in [0.25, 0.3) is 50.2 Å². The van der Waals surface area contributed by atoms with Gasteiger partial charge in [0.2, 0.25) is 0 Å². The van der Waals surface area contributed by atoms with Gasteiger partial charge in [0.05, 0.1) is 5.41 Å². The summed E-state index contributed by atoms with van der Waals surface area (Å²) in [5.41, 5.74) is 15.4. The highest BCUT2D eigenvalue weighted by molar-refractivity contribution is 9.10. The summed E-state index contributed by atoms with van der Waals surface area (Å²) < 4.78 is 1.09. The zero-order valence-electron chi connectivity index (χ0n) is 25.4. The van der Waals surface area contributed by atoms with Crippen LogP contribution in [0.1, 0.15) is 39.8 Å². The molecule has 7 aromatic rings. The summed E-state index contributed by atoms with van der Waals surface area (Å²) in [7, 11) is 0. The number of halogens is 1. The van der Waals surface area contributed by atoms with Crippen LogP contribution in [0.4, 0.5) is 0 Å².